The van der Waals surface area contributed by atoms with E-state index in [1.807, 2.05) is 6.07 Å². The Hall–Kier alpha value is -1.91. The largest absolute Gasteiger partial charge is 0.387 e. The summed E-state index contributed by atoms with van der Waals surface area (Å²) in [6.07, 6.45) is -0.959. The van der Waals surface area contributed by atoms with Gasteiger partial charge in [-0.25, -0.2) is 4.39 Å². The Morgan fingerprint density at radius 2 is 1.90 bits per heavy atom. The molecule has 0 heterocycles. The number of hydrogen-bond donors (Lipinski definition) is 2. The number of amides is 1. The molecule has 1 unspecified atom stereocenters. The predicted molar refractivity (Wildman–Crippen MR) is 79.5 cm³/mol. The van der Waals surface area contributed by atoms with Crippen LogP contribution in [0.5, 0.6) is 0 Å². The van der Waals surface area contributed by atoms with Gasteiger partial charge in [0.1, 0.15) is 5.82 Å². The molecule has 1 atom stereocenters. The van der Waals surface area contributed by atoms with Crippen molar-refractivity contribution >= 4 is 17.5 Å². The van der Waals surface area contributed by atoms with Crippen LogP contribution in [0.1, 0.15) is 17.2 Å². The monoisotopic (exact) mass is 307 g/mol. The van der Waals surface area contributed by atoms with Crippen LogP contribution >= 0.6 is 11.6 Å². The zero-order valence-electron chi connectivity index (χ0n) is 11.2. The summed E-state index contributed by atoms with van der Waals surface area (Å²) < 4.78 is 13.6. The van der Waals surface area contributed by atoms with E-state index in [9.17, 15) is 14.3 Å². The van der Waals surface area contributed by atoms with Crippen molar-refractivity contribution in [3.63, 3.8) is 0 Å². The highest BCUT2D eigenvalue weighted by molar-refractivity contribution is 6.31. The molecule has 2 N–H and O–H groups in total. The van der Waals surface area contributed by atoms with Gasteiger partial charge < -0.3 is 10.4 Å². The van der Waals surface area contributed by atoms with Crippen LogP contribution in [0.25, 0.3) is 0 Å². The molecule has 110 valence electrons. The van der Waals surface area contributed by atoms with E-state index in [4.69, 9.17) is 11.6 Å². The molecule has 0 fully saturated rings. The third-order valence-electron chi connectivity index (χ3n) is 3.08. The lowest BCUT2D eigenvalue weighted by molar-refractivity contribution is -0.120. The summed E-state index contributed by atoms with van der Waals surface area (Å²) in [6.45, 7) is 0.0644. The number of benzene rings is 2. The Bertz CT molecular complexity index is 599. The van der Waals surface area contributed by atoms with Crippen LogP contribution in [-0.4, -0.2) is 17.6 Å². The van der Waals surface area contributed by atoms with Gasteiger partial charge in [-0.05, 0) is 17.7 Å². The third kappa shape index (κ3) is 4.28. The number of hydrogen-bond acceptors (Lipinski definition) is 2. The fraction of sp³-hybridized carbons (Fsp3) is 0.188. The van der Waals surface area contributed by atoms with Gasteiger partial charge >= 0.3 is 0 Å². The van der Waals surface area contributed by atoms with Gasteiger partial charge in [-0.15, -0.1) is 0 Å². The minimum Gasteiger partial charge on any atom is -0.387 e. The molecule has 0 radical (unpaired) electrons. The second-order valence-electron chi connectivity index (χ2n) is 4.61. The number of rotatable bonds is 5. The summed E-state index contributed by atoms with van der Waals surface area (Å²) in [4.78, 5) is 11.8. The molecule has 0 bridgehead atoms. The molecule has 0 aliphatic heterocycles. The summed E-state index contributed by atoms with van der Waals surface area (Å²) in [7, 11) is 0. The molecule has 5 heteroatoms. The first-order chi connectivity index (χ1) is 10.1. The summed E-state index contributed by atoms with van der Waals surface area (Å²) in [5, 5.41) is 12.7. The van der Waals surface area contributed by atoms with Gasteiger partial charge in [-0.3, -0.25) is 4.79 Å². The Kier molecular flexibility index (Phi) is 5.31. The summed E-state index contributed by atoms with van der Waals surface area (Å²) in [6, 6.07) is 13.3. The molecule has 1 amide bonds. The van der Waals surface area contributed by atoms with Crippen molar-refractivity contribution in [2.24, 2.45) is 0 Å². The second-order valence-corrected chi connectivity index (χ2v) is 5.01. The zero-order valence-corrected chi connectivity index (χ0v) is 12.0. The topological polar surface area (TPSA) is 49.3 Å². The van der Waals surface area contributed by atoms with Crippen molar-refractivity contribution in [1.29, 1.82) is 0 Å². The van der Waals surface area contributed by atoms with E-state index < -0.39 is 17.8 Å². The van der Waals surface area contributed by atoms with E-state index >= 15 is 0 Å². The summed E-state index contributed by atoms with van der Waals surface area (Å²) in [5.74, 6) is -0.904. The van der Waals surface area contributed by atoms with E-state index in [2.05, 4.69) is 5.32 Å². The number of aliphatic hydroxyl groups is 1. The maximum Gasteiger partial charge on any atom is 0.224 e. The van der Waals surface area contributed by atoms with E-state index in [1.54, 1.807) is 24.3 Å². The fourth-order valence-corrected chi connectivity index (χ4v) is 2.16. The van der Waals surface area contributed by atoms with Crippen molar-refractivity contribution in [1.82, 2.24) is 5.32 Å². The van der Waals surface area contributed by atoms with E-state index in [0.29, 0.717) is 5.56 Å². The number of aliphatic hydroxyl groups excluding tert-OH is 1. The number of carbonyl (C=O) groups excluding carboxylic acids is 1. The van der Waals surface area contributed by atoms with Gasteiger partial charge in [0.2, 0.25) is 5.91 Å². The molecule has 2 aromatic rings. The molecule has 2 rings (SSSR count). The second kappa shape index (κ2) is 7.20. The average Bonchev–Trinajstić information content (AvgIpc) is 2.49. The molecule has 0 aromatic heterocycles. The smallest absolute Gasteiger partial charge is 0.224 e. The number of carbonyl (C=O) groups is 1. The molecular formula is C16H15ClFNO2. The first kappa shape index (κ1) is 15.5. The number of halogens is 2. The van der Waals surface area contributed by atoms with Crippen molar-refractivity contribution in [2.75, 3.05) is 6.54 Å². The van der Waals surface area contributed by atoms with Crippen LogP contribution in [0.2, 0.25) is 5.02 Å². The molecule has 3 nitrogen and oxygen atoms in total. The Morgan fingerprint density at radius 1 is 1.19 bits per heavy atom. The van der Waals surface area contributed by atoms with Gasteiger partial charge in [0.25, 0.3) is 0 Å². The highest BCUT2D eigenvalue weighted by atomic mass is 35.5. The Labute approximate surface area is 127 Å². The minimum absolute atomic E-state index is 0.0644. The van der Waals surface area contributed by atoms with Crippen LogP contribution in [0.4, 0.5) is 4.39 Å². The van der Waals surface area contributed by atoms with Crippen LogP contribution in [0.3, 0.4) is 0 Å². The van der Waals surface area contributed by atoms with Gasteiger partial charge in [-0.1, -0.05) is 48.0 Å². The van der Waals surface area contributed by atoms with Crippen molar-refractivity contribution in [2.45, 2.75) is 12.5 Å². The third-order valence-corrected chi connectivity index (χ3v) is 3.43. The van der Waals surface area contributed by atoms with Crippen LogP contribution in [-0.2, 0) is 11.2 Å². The first-order valence-corrected chi connectivity index (χ1v) is 6.88. The van der Waals surface area contributed by atoms with Gasteiger partial charge in [0.15, 0.2) is 0 Å². The van der Waals surface area contributed by atoms with Crippen LogP contribution in [0, 0.1) is 5.82 Å². The SMILES string of the molecule is O=C(Cc1c(F)cccc1Cl)NCC(O)c1ccccc1. The van der Waals surface area contributed by atoms with Crippen LogP contribution < -0.4 is 5.32 Å². The number of nitrogens with one attached hydrogen (secondary N) is 1. The van der Waals surface area contributed by atoms with Gasteiger partial charge in [-0.2, -0.15) is 0 Å². The molecule has 0 spiro atoms. The lowest BCUT2D eigenvalue weighted by atomic mass is 10.1. The minimum atomic E-state index is -0.800. The van der Waals surface area contributed by atoms with Gasteiger partial charge in [0, 0.05) is 17.1 Å². The molecule has 21 heavy (non-hydrogen) atoms. The molecule has 0 aliphatic carbocycles. The quantitative estimate of drug-likeness (QED) is 0.892. The van der Waals surface area contributed by atoms with Gasteiger partial charge in [0.05, 0.1) is 12.5 Å². The fourth-order valence-electron chi connectivity index (χ4n) is 1.93. The van der Waals surface area contributed by atoms with Crippen molar-refractivity contribution in [3.8, 4) is 0 Å². The normalized spacial score (nSPS) is 12.0. The first-order valence-electron chi connectivity index (χ1n) is 6.50. The van der Waals surface area contributed by atoms with E-state index in [-0.39, 0.29) is 23.6 Å². The highest BCUT2D eigenvalue weighted by Gasteiger charge is 2.13. The summed E-state index contributed by atoms with van der Waals surface area (Å²) in [5.41, 5.74) is 0.868. The average molecular weight is 308 g/mol. The molecule has 0 aliphatic rings. The summed E-state index contributed by atoms with van der Waals surface area (Å²) >= 11 is 5.86. The van der Waals surface area contributed by atoms with Crippen LogP contribution in [0.15, 0.2) is 48.5 Å². The maximum atomic E-state index is 13.6. The van der Waals surface area contributed by atoms with Crippen molar-refractivity contribution in [3.05, 3.63) is 70.5 Å². The molecular weight excluding hydrogens is 293 g/mol. The van der Waals surface area contributed by atoms with E-state index in [1.165, 1.54) is 18.2 Å². The lowest BCUT2D eigenvalue weighted by Crippen LogP contribution is -2.30. The molecule has 2 aromatic carbocycles. The maximum absolute atomic E-state index is 13.6. The molecule has 0 saturated heterocycles. The zero-order chi connectivity index (χ0) is 15.2. The Balaban J connectivity index is 1.91. The molecule has 0 saturated carbocycles. The highest BCUT2D eigenvalue weighted by Crippen LogP contribution is 2.19. The lowest BCUT2D eigenvalue weighted by Gasteiger charge is -2.12. The standard InChI is InChI=1S/C16H15ClFNO2/c17-13-7-4-8-14(18)12(13)9-16(21)19-10-15(20)11-5-2-1-3-6-11/h1-8,15,20H,9-10H2,(H,19,21). The Morgan fingerprint density at radius 3 is 2.57 bits per heavy atom. The van der Waals surface area contributed by atoms with Crippen molar-refractivity contribution < 1.29 is 14.3 Å². The predicted octanol–water partition coefficient (Wildman–Crippen LogP) is 2.87. The van der Waals surface area contributed by atoms with E-state index in [0.717, 1.165) is 0 Å².